The molecule has 4 aliphatic rings. The minimum atomic E-state index is -0.493. The van der Waals surface area contributed by atoms with E-state index in [1.165, 1.54) is 56.7 Å². The van der Waals surface area contributed by atoms with Crippen molar-refractivity contribution in [2.45, 2.75) is 51.9 Å². The number of nitrogens with one attached hydrogen (secondary N) is 1. The second kappa shape index (κ2) is 6.49. The average molecular weight is 355 g/mol. The van der Waals surface area contributed by atoms with E-state index >= 15 is 0 Å². The molecule has 5 rings (SSSR count). The molecule has 0 spiro atoms. The molecule has 6 nitrogen and oxygen atoms in total. The van der Waals surface area contributed by atoms with Crippen LogP contribution < -0.4 is 5.43 Å². The predicted molar refractivity (Wildman–Crippen MR) is 98.9 cm³/mol. The van der Waals surface area contributed by atoms with Gasteiger partial charge in [-0.3, -0.25) is 14.9 Å². The van der Waals surface area contributed by atoms with Gasteiger partial charge in [0.2, 0.25) is 0 Å². The maximum atomic E-state index is 12.4. The van der Waals surface area contributed by atoms with Crippen LogP contribution in [0.25, 0.3) is 0 Å². The lowest BCUT2D eigenvalue weighted by Crippen LogP contribution is -2.50. The first-order valence-corrected chi connectivity index (χ1v) is 9.61. The summed E-state index contributed by atoms with van der Waals surface area (Å²) in [5, 5.41) is 15.4. The van der Waals surface area contributed by atoms with E-state index in [0.717, 1.165) is 29.9 Å². The van der Waals surface area contributed by atoms with Gasteiger partial charge in [0.05, 0.1) is 4.92 Å². The van der Waals surface area contributed by atoms with Crippen LogP contribution >= 0.6 is 0 Å². The number of nitro groups is 1. The summed E-state index contributed by atoms with van der Waals surface area (Å²) in [6, 6.07) is 5.78. The molecule has 0 aliphatic heterocycles. The van der Waals surface area contributed by atoms with E-state index in [1.807, 2.05) is 0 Å². The third-order valence-corrected chi connectivity index (χ3v) is 6.60. The fourth-order valence-corrected chi connectivity index (χ4v) is 5.98. The third-order valence-electron chi connectivity index (χ3n) is 6.60. The van der Waals surface area contributed by atoms with Crippen molar-refractivity contribution in [3.8, 4) is 0 Å². The van der Waals surface area contributed by atoms with Crippen LogP contribution in [0.15, 0.2) is 29.4 Å². The summed E-state index contributed by atoms with van der Waals surface area (Å²) in [5.41, 5.74) is 4.12. The lowest BCUT2D eigenvalue weighted by molar-refractivity contribution is -0.384. The zero-order chi connectivity index (χ0) is 18.3. The Morgan fingerprint density at radius 1 is 1.23 bits per heavy atom. The topological polar surface area (TPSA) is 84.6 Å². The van der Waals surface area contributed by atoms with Gasteiger partial charge in [-0.2, -0.15) is 5.10 Å². The molecular formula is C20H25N3O3. The van der Waals surface area contributed by atoms with Gasteiger partial charge in [-0.1, -0.05) is 13.0 Å². The maximum absolute atomic E-state index is 12.4. The number of hydrogen-bond acceptors (Lipinski definition) is 4. The van der Waals surface area contributed by atoms with Crippen LogP contribution in [0, 0.1) is 33.3 Å². The van der Waals surface area contributed by atoms with Gasteiger partial charge in [0.15, 0.2) is 0 Å². The molecule has 1 aromatic carbocycles. The summed E-state index contributed by atoms with van der Waals surface area (Å²) in [4.78, 5) is 22.8. The molecule has 4 saturated carbocycles. The SMILES string of the molecule is CC/C(=N/NC(=O)c1cccc([N+](=O)[O-])c1)C12CC3CC(CC(C3)C1)C2. The molecule has 0 atom stereocenters. The van der Waals surface area contributed by atoms with Crippen LogP contribution in [0.2, 0.25) is 0 Å². The Kier molecular flexibility index (Phi) is 4.29. The van der Waals surface area contributed by atoms with E-state index in [9.17, 15) is 14.9 Å². The molecule has 26 heavy (non-hydrogen) atoms. The van der Waals surface area contributed by atoms with Gasteiger partial charge in [0.1, 0.15) is 0 Å². The van der Waals surface area contributed by atoms with Crippen LogP contribution in [-0.2, 0) is 0 Å². The smallest absolute Gasteiger partial charge is 0.267 e. The lowest BCUT2D eigenvalue weighted by atomic mass is 9.48. The number of nitrogens with zero attached hydrogens (tertiary/aromatic N) is 2. The number of hydrazone groups is 1. The molecule has 0 unspecified atom stereocenters. The molecule has 4 aliphatic carbocycles. The summed E-state index contributed by atoms with van der Waals surface area (Å²) in [5.74, 6) is 2.09. The largest absolute Gasteiger partial charge is 0.271 e. The first-order chi connectivity index (χ1) is 12.5. The molecule has 138 valence electrons. The van der Waals surface area contributed by atoms with Crippen LogP contribution in [-0.4, -0.2) is 16.5 Å². The quantitative estimate of drug-likeness (QED) is 0.485. The van der Waals surface area contributed by atoms with Crippen LogP contribution in [0.3, 0.4) is 0 Å². The minimum Gasteiger partial charge on any atom is -0.267 e. The molecule has 6 heteroatoms. The van der Waals surface area contributed by atoms with Crippen molar-refractivity contribution < 1.29 is 9.72 Å². The summed E-state index contributed by atoms with van der Waals surface area (Å²) >= 11 is 0. The predicted octanol–water partition coefficient (Wildman–Crippen LogP) is 4.31. The Morgan fingerprint density at radius 2 is 1.85 bits per heavy atom. The van der Waals surface area contributed by atoms with E-state index in [1.54, 1.807) is 6.07 Å². The van der Waals surface area contributed by atoms with Crippen LogP contribution in [0.4, 0.5) is 5.69 Å². The standard InChI is InChI=1S/C20H25N3O3/c1-2-18(20-10-13-6-14(11-20)8-15(7-13)12-20)21-22-19(24)16-4-3-5-17(9-16)23(25)26/h3-5,9,13-15H,2,6-8,10-12H2,1H3,(H,22,24)/b21-18-. The highest BCUT2D eigenvalue weighted by molar-refractivity contribution is 5.97. The van der Waals surface area contributed by atoms with Gasteiger partial charge in [0.25, 0.3) is 11.6 Å². The fourth-order valence-electron chi connectivity index (χ4n) is 5.98. The first kappa shape index (κ1) is 17.2. The van der Waals surface area contributed by atoms with Crippen molar-refractivity contribution in [2.75, 3.05) is 0 Å². The summed E-state index contributed by atoms with van der Waals surface area (Å²) in [7, 11) is 0. The average Bonchev–Trinajstić information content (AvgIpc) is 2.60. The Morgan fingerprint density at radius 3 is 2.38 bits per heavy atom. The molecule has 1 amide bonds. The molecule has 0 heterocycles. The maximum Gasteiger partial charge on any atom is 0.271 e. The van der Waals surface area contributed by atoms with Crippen molar-refractivity contribution in [1.82, 2.24) is 5.43 Å². The monoisotopic (exact) mass is 355 g/mol. The first-order valence-electron chi connectivity index (χ1n) is 9.61. The van der Waals surface area contributed by atoms with Crippen LogP contribution in [0.1, 0.15) is 62.2 Å². The van der Waals surface area contributed by atoms with Crippen molar-refractivity contribution in [3.63, 3.8) is 0 Å². The number of nitro benzene ring substituents is 1. The Hall–Kier alpha value is -2.24. The second-order valence-corrected chi connectivity index (χ2v) is 8.36. The molecule has 0 saturated heterocycles. The number of carbonyl (C=O) groups is 1. The van der Waals surface area contributed by atoms with Gasteiger partial charge in [-0.15, -0.1) is 0 Å². The molecule has 4 bridgehead atoms. The van der Waals surface area contributed by atoms with Gasteiger partial charge < -0.3 is 0 Å². The zero-order valence-corrected chi connectivity index (χ0v) is 15.1. The van der Waals surface area contributed by atoms with Crippen molar-refractivity contribution in [1.29, 1.82) is 0 Å². The van der Waals surface area contributed by atoms with Crippen molar-refractivity contribution in [3.05, 3.63) is 39.9 Å². The number of rotatable bonds is 5. The molecule has 1 N–H and O–H groups in total. The molecule has 0 radical (unpaired) electrons. The Bertz CT molecular complexity index is 736. The van der Waals surface area contributed by atoms with E-state index in [0.29, 0.717) is 0 Å². The number of non-ortho nitro benzene ring substituents is 1. The van der Waals surface area contributed by atoms with Crippen molar-refractivity contribution in [2.24, 2.45) is 28.3 Å². The zero-order valence-electron chi connectivity index (χ0n) is 15.1. The Labute approximate surface area is 153 Å². The number of amides is 1. The summed E-state index contributed by atoms with van der Waals surface area (Å²) < 4.78 is 0. The molecular weight excluding hydrogens is 330 g/mol. The van der Waals surface area contributed by atoms with Gasteiger partial charge in [0, 0.05) is 28.8 Å². The van der Waals surface area contributed by atoms with Gasteiger partial charge in [-0.25, -0.2) is 5.43 Å². The van der Waals surface area contributed by atoms with E-state index in [2.05, 4.69) is 17.5 Å². The lowest BCUT2D eigenvalue weighted by Gasteiger charge is -2.57. The van der Waals surface area contributed by atoms with Crippen LogP contribution in [0.5, 0.6) is 0 Å². The summed E-state index contributed by atoms with van der Waals surface area (Å²) in [6.45, 7) is 2.11. The summed E-state index contributed by atoms with van der Waals surface area (Å²) in [6.07, 6.45) is 8.57. The van der Waals surface area contributed by atoms with Crippen molar-refractivity contribution >= 4 is 17.3 Å². The number of carbonyl (C=O) groups excluding carboxylic acids is 1. The van der Waals surface area contributed by atoms with E-state index in [4.69, 9.17) is 0 Å². The highest BCUT2D eigenvalue weighted by atomic mass is 16.6. The fraction of sp³-hybridized carbons (Fsp3) is 0.600. The van der Waals surface area contributed by atoms with E-state index < -0.39 is 4.92 Å². The Balaban J connectivity index is 1.52. The van der Waals surface area contributed by atoms with Gasteiger partial charge >= 0.3 is 0 Å². The number of hydrogen-bond donors (Lipinski definition) is 1. The molecule has 4 fully saturated rings. The second-order valence-electron chi connectivity index (χ2n) is 8.36. The highest BCUT2D eigenvalue weighted by Gasteiger charge is 2.52. The molecule has 0 aromatic heterocycles. The normalized spacial score (nSPS) is 32.5. The minimum absolute atomic E-state index is 0.0848. The molecule has 1 aromatic rings. The van der Waals surface area contributed by atoms with Gasteiger partial charge in [-0.05, 0) is 68.8 Å². The highest BCUT2D eigenvalue weighted by Crippen LogP contribution is 2.60. The third kappa shape index (κ3) is 3.02. The van der Waals surface area contributed by atoms with E-state index in [-0.39, 0.29) is 22.6 Å². The number of benzene rings is 1.